The molecule has 2 amide bonds. The minimum Gasteiger partial charge on any atom is -0.488 e. The Morgan fingerprint density at radius 1 is 0.929 bits per heavy atom. The second-order valence-corrected chi connectivity index (χ2v) is 11.3. The van der Waals surface area contributed by atoms with Crippen LogP contribution in [0, 0.1) is 0 Å². The van der Waals surface area contributed by atoms with Crippen molar-refractivity contribution in [2.75, 3.05) is 77.9 Å². The average Bonchev–Trinajstić information content (AvgIpc) is 3.01. The van der Waals surface area contributed by atoms with Crippen molar-refractivity contribution in [3.05, 3.63) is 54.2 Å². The van der Waals surface area contributed by atoms with Gasteiger partial charge in [-0.3, -0.25) is 0 Å². The fourth-order valence-corrected chi connectivity index (χ4v) is 5.98. The number of aromatic nitrogens is 2. The third-order valence-electron chi connectivity index (χ3n) is 7.23. The van der Waals surface area contributed by atoms with Gasteiger partial charge in [-0.1, -0.05) is 0 Å². The number of anilines is 4. The predicted molar refractivity (Wildman–Crippen MR) is 165 cm³/mol. The van der Waals surface area contributed by atoms with Crippen molar-refractivity contribution in [2.45, 2.75) is 26.4 Å². The number of hydrogen-bond donors (Lipinski definition) is 2. The number of nitrogens with zero attached hydrogens (tertiary/aromatic N) is 4. The van der Waals surface area contributed by atoms with E-state index in [1.807, 2.05) is 62.0 Å². The molecule has 6 rings (SSSR count). The van der Waals surface area contributed by atoms with Gasteiger partial charge in [0.05, 0.1) is 19.8 Å². The van der Waals surface area contributed by atoms with Crippen LogP contribution in [0.5, 0.6) is 5.75 Å². The Hall–Kier alpha value is -3.58. The van der Waals surface area contributed by atoms with Crippen molar-refractivity contribution >= 4 is 40.7 Å². The van der Waals surface area contributed by atoms with Crippen LogP contribution in [0.15, 0.2) is 48.5 Å². The van der Waals surface area contributed by atoms with E-state index in [4.69, 9.17) is 28.9 Å². The number of ether oxygens (including phenoxy) is 4. The van der Waals surface area contributed by atoms with Gasteiger partial charge in [0.15, 0.2) is 23.7 Å². The van der Waals surface area contributed by atoms with E-state index < -0.39 is 6.29 Å². The molecule has 0 saturated carbocycles. The second kappa shape index (κ2) is 13.2. The van der Waals surface area contributed by atoms with Gasteiger partial charge in [0.25, 0.3) is 0 Å². The van der Waals surface area contributed by atoms with Crippen molar-refractivity contribution in [1.82, 2.24) is 9.97 Å². The molecule has 3 aliphatic heterocycles. The van der Waals surface area contributed by atoms with Crippen LogP contribution in [0.2, 0.25) is 0 Å². The first-order chi connectivity index (χ1) is 20.6. The maximum absolute atomic E-state index is 12.7. The van der Waals surface area contributed by atoms with E-state index in [1.54, 1.807) is 0 Å². The third kappa shape index (κ3) is 6.57. The zero-order valence-electron chi connectivity index (χ0n) is 23.9. The molecule has 3 aromatic rings. The van der Waals surface area contributed by atoms with Crippen LogP contribution >= 0.6 is 11.8 Å². The molecule has 4 heterocycles. The Balaban J connectivity index is 1.17. The molecule has 2 N–H and O–H groups in total. The standard InChI is InChI=1S/C30H36N6O5S/c1-3-39-26-25(29-40-20(2)41-29)33-27(34-28(26)36-12-16-38-17-13-36)21-4-6-22(7-5-21)31-30(37)32-23-8-10-24(11-9-23)35-14-18-42-19-15-35/h4-11,20,29H,3,12-19H2,1-2H3,(H2,31,32,37). The number of benzene rings is 2. The molecule has 0 radical (unpaired) electrons. The van der Waals surface area contributed by atoms with Gasteiger partial charge < -0.3 is 39.4 Å². The quantitative estimate of drug-likeness (QED) is 0.372. The van der Waals surface area contributed by atoms with Gasteiger partial charge in [0, 0.05) is 60.3 Å². The van der Waals surface area contributed by atoms with Gasteiger partial charge in [0.1, 0.15) is 5.69 Å². The van der Waals surface area contributed by atoms with E-state index in [9.17, 15) is 4.79 Å². The summed E-state index contributed by atoms with van der Waals surface area (Å²) >= 11 is 1.98. The van der Waals surface area contributed by atoms with E-state index in [0.717, 1.165) is 35.8 Å². The van der Waals surface area contributed by atoms with Crippen molar-refractivity contribution in [2.24, 2.45) is 0 Å². The minimum atomic E-state index is -0.624. The first kappa shape index (κ1) is 28.5. The molecule has 11 nitrogen and oxygen atoms in total. The van der Waals surface area contributed by atoms with E-state index in [2.05, 4.69) is 32.6 Å². The normalized spacial score (nSPS) is 20.5. The zero-order chi connectivity index (χ0) is 28.9. The highest BCUT2D eigenvalue weighted by atomic mass is 32.2. The molecule has 0 bridgehead atoms. The largest absolute Gasteiger partial charge is 0.488 e. The van der Waals surface area contributed by atoms with Crippen molar-refractivity contribution in [3.8, 4) is 17.1 Å². The Morgan fingerprint density at radius 2 is 1.57 bits per heavy atom. The molecule has 3 fully saturated rings. The fraction of sp³-hybridized carbons (Fsp3) is 0.433. The van der Waals surface area contributed by atoms with Gasteiger partial charge in [-0.25, -0.2) is 14.8 Å². The SMILES string of the molecule is CCOc1c(C2OC(C)O2)nc(-c2ccc(NC(=O)Nc3ccc(N4CCSCC4)cc3)cc2)nc1N1CCOCC1. The minimum absolute atomic E-state index is 0.307. The summed E-state index contributed by atoms with van der Waals surface area (Å²) in [5, 5.41) is 5.81. The Labute approximate surface area is 249 Å². The van der Waals surface area contributed by atoms with Crippen LogP contribution in [-0.4, -0.2) is 79.8 Å². The van der Waals surface area contributed by atoms with Gasteiger partial charge in [-0.15, -0.1) is 0 Å². The van der Waals surface area contributed by atoms with E-state index >= 15 is 0 Å². The van der Waals surface area contributed by atoms with E-state index in [0.29, 0.717) is 61.7 Å². The Kier molecular flexibility index (Phi) is 8.94. The molecule has 0 unspecified atom stereocenters. The van der Waals surface area contributed by atoms with E-state index in [1.165, 1.54) is 5.69 Å². The molecule has 2 aromatic carbocycles. The molecule has 0 aliphatic carbocycles. The molecule has 42 heavy (non-hydrogen) atoms. The van der Waals surface area contributed by atoms with Crippen LogP contribution < -0.4 is 25.2 Å². The molecule has 3 saturated heterocycles. The smallest absolute Gasteiger partial charge is 0.323 e. The lowest BCUT2D eigenvalue weighted by Crippen LogP contribution is -2.38. The highest BCUT2D eigenvalue weighted by molar-refractivity contribution is 7.99. The fourth-order valence-electron chi connectivity index (χ4n) is 5.08. The highest BCUT2D eigenvalue weighted by Crippen LogP contribution is 2.41. The summed E-state index contributed by atoms with van der Waals surface area (Å²) in [5.41, 5.74) is 3.92. The van der Waals surface area contributed by atoms with Crippen LogP contribution in [0.3, 0.4) is 0 Å². The molecular formula is C30H36N6O5S. The van der Waals surface area contributed by atoms with Crippen molar-refractivity contribution in [3.63, 3.8) is 0 Å². The number of rotatable bonds is 8. The highest BCUT2D eigenvalue weighted by Gasteiger charge is 2.36. The molecule has 0 spiro atoms. The zero-order valence-corrected chi connectivity index (χ0v) is 24.7. The summed E-state index contributed by atoms with van der Waals surface area (Å²) in [6.45, 7) is 8.92. The first-order valence-corrected chi connectivity index (χ1v) is 15.5. The molecule has 12 heteroatoms. The summed E-state index contributed by atoms with van der Waals surface area (Å²) in [4.78, 5) is 26.9. The lowest BCUT2D eigenvalue weighted by atomic mass is 10.1. The maximum Gasteiger partial charge on any atom is 0.323 e. The lowest BCUT2D eigenvalue weighted by Gasteiger charge is -2.35. The number of thioether (sulfide) groups is 1. The monoisotopic (exact) mass is 592 g/mol. The number of urea groups is 1. The molecule has 0 atom stereocenters. The van der Waals surface area contributed by atoms with E-state index in [-0.39, 0.29) is 12.3 Å². The van der Waals surface area contributed by atoms with Gasteiger partial charge in [-0.05, 0) is 62.4 Å². The molecule has 3 aliphatic rings. The maximum atomic E-state index is 12.7. The van der Waals surface area contributed by atoms with Crippen LogP contribution in [0.4, 0.5) is 27.7 Å². The Bertz CT molecular complexity index is 1360. The molecule has 1 aromatic heterocycles. The number of nitrogens with one attached hydrogen (secondary N) is 2. The topological polar surface area (TPSA) is 110 Å². The summed E-state index contributed by atoms with van der Waals surface area (Å²) in [6.07, 6.45) is -0.932. The van der Waals surface area contributed by atoms with Crippen LogP contribution in [-0.2, 0) is 14.2 Å². The summed E-state index contributed by atoms with van der Waals surface area (Å²) in [7, 11) is 0. The second-order valence-electron chi connectivity index (χ2n) is 10.1. The van der Waals surface area contributed by atoms with Crippen LogP contribution in [0.25, 0.3) is 11.4 Å². The number of carbonyl (C=O) groups excluding carboxylic acids is 1. The number of amides is 2. The van der Waals surface area contributed by atoms with Crippen LogP contribution in [0.1, 0.15) is 25.8 Å². The van der Waals surface area contributed by atoms with Gasteiger partial charge in [-0.2, -0.15) is 11.8 Å². The molecule has 222 valence electrons. The summed E-state index contributed by atoms with van der Waals surface area (Å²) < 4.78 is 23.2. The summed E-state index contributed by atoms with van der Waals surface area (Å²) in [5.74, 6) is 4.07. The number of morpholine rings is 1. The summed E-state index contributed by atoms with van der Waals surface area (Å²) in [6, 6.07) is 15.1. The number of hydrogen-bond acceptors (Lipinski definition) is 10. The van der Waals surface area contributed by atoms with Gasteiger partial charge in [0.2, 0.25) is 6.29 Å². The lowest BCUT2D eigenvalue weighted by molar-refractivity contribution is -0.384. The van der Waals surface area contributed by atoms with Crippen molar-refractivity contribution in [1.29, 1.82) is 0 Å². The number of carbonyl (C=O) groups is 1. The van der Waals surface area contributed by atoms with Crippen molar-refractivity contribution < 1.29 is 23.7 Å². The Morgan fingerprint density at radius 3 is 2.19 bits per heavy atom. The third-order valence-corrected chi connectivity index (χ3v) is 8.17. The molecular weight excluding hydrogens is 556 g/mol. The predicted octanol–water partition coefficient (Wildman–Crippen LogP) is 4.97. The first-order valence-electron chi connectivity index (χ1n) is 14.4. The average molecular weight is 593 g/mol. The van der Waals surface area contributed by atoms with Gasteiger partial charge >= 0.3 is 6.03 Å².